The number of amides is 1. The molecule has 0 N–H and O–H groups in total. The van der Waals surface area contributed by atoms with Crippen molar-refractivity contribution in [2.24, 2.45) is 0 Å². The molecule has 0 spiro atoms. The third-order valence-corrected chi connectivity index (χ3v) is 5.47. The first-order valence-corrected chi connectivity index (χ1v) is 9.70. The van der Waals surface area contributed by atoms with Gasteiger partial charge in [-0.05, 0) is 44.0 Å². The number of benzene rings is 2. The van der Waals surface area contributed by atoms with Gasteiger partial charge in [0, 0.05) is 42.1 Å². The maximum atomic E-state index is 12.8. The van der Waals surface area contributed by atoms with Gasteiger partial charge < -0.3 is 14.2 Å². The molecule has 1 aliphatic heterocycles. The maximum Gasteiger partial charge on any atom is 0.253 e. The summed E-state index contributed by atoms with van der Waals surface area (Å²) in [7, 11) is 1.63. The highest BCUT2D eigenvalue weighted by atomic mass is 16.5. The predicted molar refractivity (Wildman–Crippen MR) is 110 cm³/mol. The van der Waals surface area contributed by atoms with E-state index in [4.69, 9.17) is 4.74 Å². The molecule has 4 rings (SSSR count). The summed E-state index contributed by atoms with van der Waals surface area (Å²) in [4.78, 5) is 19.4. The van der Waals surface area contributed by atoms with Crippen LogP contribution in [0.15, 0.2) is 60.8 Å². The Morgan fingerprint density at radius 3 is 2.36 bits per heavy atom. The standard InChI is InChI=1S/C23H25N3O2/c1-17-16-24-22(18-6-4-3-5-7-18)26(17)20-12-14-25(15-13-20)23(27)19-8-10-21(28-2)11-9-19/h3-11,16,20H,12-15H2,1-2H3. The summed E-state index contributed by atoms with van der Waals surface area (Å²) in [6.45, 7) is 3.61. The van der Waals surface area contributed by atoms with Crippen molar-refractivity contribution in [1.29, 1.82) is 0 Å². The van der Waals surface area contributed by atoms with Gasteiger partial charge in [-0.25, -0.2) is 4.98 Å². The van der Waals surface area contributed by atoms with Crippen LogP contribution >= 0.6 is 0 Å². The van der Waals surface area contributed by atoms with E-state index in [9.17, 15) is 4.79 Å². The smallest absolute Gasteiger partial charge is 0.253 e. The van der Waals surface area contributed by atoms with Crippen LogP contribution in [0.4, 0.5) is 0 Å². The van der Waals surface area contributed by atoms with E-state index in [1.807, 2.05) is 53.6 Å². The summed E-state index contributed by atoms with van der Waals surface area (Å²) >= 11 is 0. The Bertz CT molecular complexity index is 940. The van der Waals surface area contributed by atoms with E-state index in [-0.39, 0.29) is 5.91 Å². The molecular weight excluding hydrogens is 350 g/mol. The van der Waals surface area contributed by atoms with E-state index >= 15 is 0 Å². The Kier molecular flexibility index (Phi) is 5.15. The monoisotopic (exact) mass is 375 g/mol. The van der Waals surface area contributed by atoms with Crippen molar-refractivity contribution in [3.05, 3.63) is 72.1 Å². The highest BCUT2D eigenvalue weighted by Crippen LogP contribution is 2.30. The first-order chi connectivity index (χ1) is 13.7. The number of piperidine rings is 1. The Morgan fingerprint density at radius 1 is 1.04 bits per heavy atom. The summed E-state index contributed by atoms with van der Waals surface area (Å²) in [5.74, 6) is 1.86. The lowest BCUT2D eigenvalue weighted by molar-refractivity contribution is 0.0694. The molecule has 5 heteroatoms. The third-order valence-electron chi connectivity index (χ3n) is 5.47. The summed E-state index contributed by atoms with van der Waals surface area (Å²) in [5.41, 5.74) is 3.01. The Labute approximate surface area is 165 Å². The number of hydrogen-bond acceptors (Lipinski definition) is 3. The average Bonchev–Trinajstić information content (AvgIpc) is 3.15. The minimum absolute atomic E-state index is 0.0896. The lowest BCUT2D eigenvalue weighted by atomic mass is 10.0. The molecule has 5 nitrogen and oxygen atoms in total. The van der Waals surface area contributed by atoms with E-state index in [0.29, 0.717) is 11.6 Å². The zero-order valence-electron chi connectivity index (χ0n) is 16.3. The van der Waals surface area contributed by atoms with Gasteiger partial charge in [0.1, 0.15) is 11.6 Å². The number of carbonyl (C=O) groups excluding carboxylic acids is 1. The molecule has 1 aromatic heterocycles. The van der Waals surface area contributed by atoms with Crippen LogP contribution in [0.2, 0.25) is 0 Å². The minimum Gasteiger partial charge on any atom is -0.497 e. The highest BCUT2D eigenvalue weighted by molar-refractivity contribution is 5.94. The molecule has 1 aliphatic rings. The molecule has 1 fully saturated rings. The van der Waals surface area contributed by atoms with E-state index in [2.05, 4.69) is 28.6 Å². The molecule has 1 amide bonds. The number of nitrogens with zero attached hydrogens (tertiary/aromatic N) is 3. The fourth-order valence-corrected chi connectivity index (χ4v) is 3.95. The van der Waals surface area contributed by atoms with E-state index in [1.165, 1.54) is 5.69 Å². The molecule has 3 aromatic rings. The molecule has 0 bridgehead atoms. The molecule has 0 atom stereocenters. The Balaban J connectivity index is 1.47. The molecule has 144 valence electrons. The summed E-state index contributed by atoms with van der Waals surface area (Å²) in [6.07, 6.45) is 3.80. The second-order valence-corrected chi connectivity index (χ2v) is 7.21. The van der Waals surface area contributed by atoms with Crippen LogP contribution in [0.5, 0.6) is 5.75 Å². The summed E-state index contributed by atoms with van der Waals surface area (Å²) in [5, 5.41) is 0. The van der Waals surface area contributed by atoms with Crippen LogP contribution in [0, 0.1) is 6.92 Å². The van der Waals surface area contributed by atoms with Gasteiger partial charge in [-0.2, -0.15) is 0 Å². The van der Waals surface area contributed by atoms with Crippen molar-refractivity contribution in [1.82, 2.24) is 14.5 Å². The molecule has 2 aromatic carbocycles. The quantitative estimate of drug-likeness (QED) is 0.681. The normalized spacial score (nSPS) is 14.9. The molecule has 2 heterocycles. The second-order valence-electron chi connectivity index (χ2n) is 7.21. The van der Waals surface area contributed by atoms with Gasteiger partial charge in [-0.3, -0.25) is 4.79 Å². The molecule has 1 saturated heterocycles. The second kappa shape index (κ2) is 7.89. The lowest BCUT2D eigenvalue weighted by Crippen LogP contribution is -2.39. The number of carbonyl (C=O) groups is 1. The van der Waals surface area contributed by atoms with Crippen molar-refractivity contribution in [3.63, 3.8) is 0 Å². The van der Waals surface area contributed by atoms with Crippen molar-refractivity contribution < 1.29 is 9.53 Å². The fourth-order valence-electron chi connectivity index (χ4n) is 3.95. The number of hydrogen-bond donors (Lipinski definition) is 0. The number of imidazole rings is 1. The van der Waals surface area contributed by atoms with Crippen molar-refractivity contribution in [2.45, 2.75) is 25.8 Å². The van der Waals surface area contributed by atoms with Gasteiger partial charge in [0.05, 0.1) is 7.11 Å². The number of ether oxygens (including phenoxy) is 1. The van der Waals surface area contributed by atoms with Crippen LogP contribution in [0.1, 0.15) is 34.9 Å². The van der Waals surface area contributed by atoms with Gasteiger partial charge in [-0.1, -0.05) is 30.3 Å². The Hall–Kier alpha value is -3.08. The van der Waals surface area contributed by atoms with Gasteiger partial charge in [0.2, 0.25) is 0 Å². The number of rotatable bonds is 4. The SMILES string of the molecule is COc1ccc(C(=O)N2CCC(n3c(C)cnc3-c3ccccc3)CC2)cc1. The van der Waals surface area contributed by atoms with Crippen molar-refractivity contribution in [3.8, 4) is 17.1 Å². The van der Waals surface area contributed by atoms with Crippen LogP contribution in [0.25, 0.3) is 11.4 Å². The molecular formula is C23H25N3O2. The topological polar surface area (TPSA) is 47.4 Å². The van der Waals surface area contributed by atoms with Crippen LogP contribution in [-0.4, -0.2) is 40.6 Å². The number of aromatic nitrogens is 2. The van der Waals surface area contributed by atoms with E-state index in [0.717, 1.165) is 43.1 Å². The number of aryl methyl sites for hydroxylation is 1. The first kappa shape index (κ1) is 18.3. The van der Waals surface area contributed by atoms with Crippen LogP contribution in [-0.2, 0) is 0 Å². The van der Waals surface area contributed by atoms with Crippen molar-refractivity contribution in [2.75, 3.05) is 20.2 Å². The summed E-state index contributed by atoms with van der Waals surface area (Å²) < 4.78 is 7.51. The third kappa shape index (κ3) is 3.52. The zero-order valence-corrected chi connectivity index (χ0v) is 16.3. The van der Waals surface area contributed by atoms with Gasteiger partial charge in [0.25, 0.3) is 5.91 Å². The summed E-state index contributed by atoms with van der Waals surface area (Å²) in [6, 6.07) is 18.0. The molecule has 0 radical (unpaired) electrons. The molecule has 0 saturated carbocycles. The number of likely N-dealkylation sites (tertiary alicyclic amines) is 1. The first-order valence-electron chi connectivity index (χ1n) is 9.70. The maximum absolute atomic E-state index is 12.8. The lowest BCUT2D eigenvalue weighted by Gasteiger charge is -2.34. The Morgan fingerprint density at radius 2 is 1.71 bits per heavy atom. The molecule has 28 heavy (non-hydrogen) atoms. The predicted octanol–water partition coefficient (Wildman–Crippen LogP) is 4.34. The number of methoxy groups -OCH3 is 1. The molecule has 0 unspecified atom stereocenters. The zero-order chi connectivity index (χ0) is 19.5. The van der Waals surface area contributed by atoms with Crippen LogP contribution < -0.4 is 4.74 Å². The largest absolute Gasteiger partial charge is 0.497 e. The van der Waals surface area contributed by atoms with E-state index in [1.54, 1.807) is 7.11 Å². The van der Waals surface area contributed by atoms with Gasteiger partial charge >= 0.3 is 0 Å². The highest BCUT2D eigenvalue weighted by Gasteiger charge is 2.27. The van der Waals surface area contributed by atoms with E-state index < -0.39 is 0 Å². The average molecular weight is 375 g/mol. The minimum atomic E-state index is 0.0896. The van der Waals surface area contributed by atoms with Gasteiger partial charge in [-0.15, -0.1) is 0 Å². The van der Waals surface area contributed by atoms with Gasteiger partial charge in [0.15, 0.2) is 0 Å². The van der Waals surface area contributed by atoms with Crippen molar-refractivity contribution >= 4 is 5.91 Å². The van der Waals surface area contributed by atoms with Crippen LogP contribution in [0.3, 0.4) is 0 Å². The fraction of sp³-hybridized carbons (Fsp3) is 0.304. The molecule has 0 aliphatic carbocycles.